The highest BCUT2D eigenvalue weighted by Gasteiger charge is 2.02. The summed E-state index contributed by atoms with van der Waals surface area (Å²) in [7, 11) is 0. The largest absolute Gasteiger partial charge is 0.410 e. The third-order valence-electron chi connectivity index (χ3n) is 2.75. The molecule has 100 valence electrons. The lowest BCUT2D eigenvalue weighted by molar-refractivity contribution is 0.319. The van der Waals surface area contributed by atoms with Crippen LogP contribution in [0.5, 0.6) is 0 Å². The van der Waals surface area contributed by atoms with Crippen LogP contribution in [-0.4, -0.2) is 21.8 Å². The summed E-state index contributed by atoms with van der Waals surface area (Å²) in [5.74, 6) is 0. The van der Waals surface area contributed by atoms with E-state index in [1.165, 1.54) is 0 Å². The summed E-state index contributed by atoms with van der Waals surface area (Å²) < 4.78 is 0. The first-order chi connectivity index (χ1) is 9.85. The molecule has 0 saturated heterocycles. The van der Waals surface area contributed by atoms with E-state index in [-0.39, 0.29) is 0 Å². The van der Waals surface area contributed by atoms with Crippen LogP contribution in [0.25, 0.3) is 0 Å². The van der Waals surface area contributed by atoms with Crippen molar-refractivity contribution in [2.24, 2.45) is 10.3 Å². The lowest BCUT2D eigenvalue weighted by Crippen LogP contribution is -2.00. The molecule has 0 amide bonds. The Hall–Kier alpha value is -2.88. The van der Waals surface area contributed by atoms with Crippen LogP contribution in [0.4, 0.5) is 0 Å². The maximum Gasteiger partial charge on any atom is 0.109 e. The fourth-order valence-corrected chi connectivity index (χ4v) is 1.75. The van der Waals surface area contributed by atoms with E-state index in [1.807, 2.05) is 60.7 Å². The lowest BCUT2D eigenvalue weighted by atomic mass is 10.1. The normalized spacial score (nSPS) is 12.8. The second kappa shape index (κ2) is 6.89. The van der Waals surface area contributed by atoms with E-state index >= 15 is 0 Å². The molecular formula is C16H14N2O2. The molecule has 2 aromatic carbocycles. The number of allylic oxidation sites excluding steroid dienone is 2. The number of hydrogen-bond donors (Lipinski definition) is 2. The highest BCUT2D eigenvalue weighted by Crippen LogP contribution is 2.06. The van der Waals surface area contributed by atoms with Crippen molar-refractivity contribution in [3.8, 4) is 0 Å². The molecule has 2 N–H and O–H groups in total. The summed E-state index contributed by atoms with van der Waals surface area (Å²) in [6.45, 7) is 0. The second-order valence-corrected chi connectivity index (χ2v) is 4.04. The third kappa shape index (κ3) is 3.32. The van der Waals surface area contributed by atoms with Gasteiger partial charge in [0.1, 0.15) is 11.4 Å². The van der Waals surface area contributed by atoms with Gasteiger partial charge in [-0.15, -0.1) is 0 Å². The van der Waals surface area contributed by atoms with E-state index in [9.17, 15) is 0 Å². The van der Waals surface area contributed by atoms with Crippen molar-refractivity contribution in [3.05, 3.63) is 83.9 Å². The van der Waals surface area contributed by atoms with Crippen molar-refractivity contribution < 1.29 is 10.4 Å². The molecule has 0 heterocycles. The smallest absolute Gasteiger partial charge is 0.109 e. The molecule has 4 heteroatoms. The van der Waals surface area contributed by atoms with Gasteiger partial charge in [0, 0.05) is 11.1 Å². The van der Waals surface area contributed by atoms with Gasteiger partial charge in [0.25, 0.3) is 0 Å². The summed E-state index contributed by atoms with van der Waals surface area (Å²) in [6.07, 6.45) is 3.19. The standard InChI is InChI=1S/C16H14N2O2/c19-17-15(13-7-3-1-4-8-13)11-12-16(18-20)14-9-5-2-6-10-14/h1-12,19-20H/b12-11+,17-15-,18-16-. The quantitative estimate of drug-likeness (QED) is 0.506. The highest BCUT2D eigenvalue weighted by molar-refractivity contribution is 6.15. The monoisotopic (exact) mass is 266 g/mol. The molecule has 2 rings (SSSR count). The molecule has 0 spiro atoms. The second-order valence-electron chi connectivity index (χ2n) is 4.04. The van der Waals surface area contributed by atoms with Crippen LogP contribution in [0.3, 0.4) is 0 Å². The van der Waals surface area contributed by atoms with Gasteiger partial charge in [-0.1, -0.05) is 71.0 Å². The zero-order chi connectivity index (χ0) is 14.2. The molecule has 0 aliphatic heterocycles. The van der Waals surface area contributed by atoms with E-state index in [0.717, 1.165) is 11.1 Å². The third-order valence-corrected chi connectivity index (χ3v) is 2.75. The Bertz CT molecular complexity index is 575. The first-order valence-electron chi connectivity index (χ1n) is 6.08. The van der Waals surface area contributed by atoms with Crippen LogP contribution in [0.2, 0.25) is 0 Å². The molecule has 0 aromatic heterocycles. The van der Waals surface area contributed by atoms with Crippen LogP contribution in [0, 0.1) is 0 Å². The van der Waals surface area contributed by atoms with Crippen molar-refractivity contribution >= 4 is 11.4 Å². The minimum atomic E-state index is 0.391. The molecule has 2 aromatic rings. The predicted molar refractivity (Wildman–Crippen MR) is 78.7 cm³/mol. The van der Waals surface area contributed by atoms with Gasteiger partial charge in [0.15, 0.2) is 0 Å². The summed E-state index contributed by atoms with van der Waals surface area (Å²) >= 11 is 0. The molecule has 0 saturated carbocycles. The molecular weight excluding hydrogens is 252 g/mol. The summed E-state index contributed by atoms with van der Waals surface area (Å²) in [4.78, 5) is 0. The molecule has 0 unspecified atom stereocenters. The Balaban J connectivity index is 2.23. The first-order valence-corrected chi connectivity index (χ1v) is 6.08. The van der Waals surface area contributed by atoms with Crippen LogP contribution < -0.4 is 0 Å². The lowest BCUT2D eigenvalue weighted by Gasteiger charge is -2.00. The van der Waals surface area contributed by atoms with Gasteiger partial charge in [-0.25, -0.2) is 0 Å². The van der Waals surface area contributed by atoms with Crippen molar-refractivity contribution in [1.82, 2.24) is 0 Å². The summed E-state index contributed by atoms with van der Waals surface area (Å²) in [5.41, 5.74) is 2.33. The molecule has 0 aliphatic carbocycles. The molecule has 0 aliphatic rings. The average molecular weight is 266 g/mol. The molecule has 0 bridgehead atoms. The number of oxime groups is 2. The van der Waals surface area contributed by atoms with Crippen molar-refractivity contribution in [3.63, 3.8) is 0 Å². The number of rotatable bonds is 4. The van der Waals surface area contributed by atoms with Crippen LogP contribution in [0.15, 0.2) is 83.1 Å². The fraction of sp³-hybridized carbons (Fsp3) is 0. The van der Waals surface area contributed by atoms with Crippen molar-refractivity contribution in [2.45, 2.75) is 0 Å². The van der Waals surface area contributed by atoms with Crippen LogP contribution >= 0.6 is 0 Å². The van der Waals surface area contributed by atoms with Gasteiger partial charge in [0.2, 0.25) is 0 Å². The van der Waals surface area contributed by atoms with Gasteiger partial charge >= 0.3 is 0 Å². The fourth-order valence-electron chi connectivity index (χ4n) is 1.75. The highest BCUT2D eigenvalue weighted by atomic mass is 16.4. The van der Waals surface area contributed by atoms with Gasteiger partial charge in [-0.2, -0.15) is 0 Å². The Kier molecular flexibility index (Phi) is 4.67. The van der Waals surface area contributed by atoms with E-state index in [0.29, 0.717) is 11.4 Å². The predicted octanol–water partition coefficient (Wildman–Crippen LogP) is 3.30. The van der Waals surface area contributed by atoms with Gasteiger partial charge in [-0.05, 0) is 12.2 Å². The molecule has 0 fully saturated rings. The van der Waals surface area contributed by atoms with E-state index < -0.39 is 0 Å². The average Bonchev–Trinajstić information content (AvgIpc) is 2.53. The topological polar surface area (TPSA) is 65.2 Å². The Morgan fingerprint density at radius 1 is 0.650 bits per heavy atom. The van der Waals surface area contributed by atoms with Crippen LogP contribution in [0.1, 0.15) is 11.1 Å². The Labute approximate surface area is 117 Å². The van der Waals surface area contributed by atoms with E-state index in [4.69, 9.17) is 10.4 Å². The Morgan fingerprint density at radius 3 is 1.30 bits per heavy atom. The minimum absolute atomic E-state index is 0.391. The molecule has 0 atom stereocenters. The number of benzene rings is 2. The van der Waals surface area contributed by atoms with E-state index in [2.05, 4.69) is 10.3 Å². The Morgan fingerprint density at radius 2 is 1.00 bits per heavy atom. The maximum atomic E-state index is 9.07. The maximum absolute atomic E-state index is 9.07. The molecule has 20 heavy (non-hydrogen) atoms. The zero-order valence-electron chi connectivity index (χ0n) is 10.7. The van der Waals surface area contributed by atoms with Crippen LogP contribution in [-0.2, 0) is 0 Å². The molecule has 0 radical (unpaired) electrons. The number of hydrogen-bond acceptors (Lipinski definition) is 4. The van der Waals surface area contributed by atoms with E-state index in [1.54, 1.807) is 12.2 Å². The summed E-state index contributed by atoms with van der Waals surface area (Å²) in [6, 6.07) is 18.5. The van der Waals surface area contributed by atoms with Crippen molar-refractivity contribution in [1.29, 1.82) is 0 Å². The minimum Gasteiger partial charge on any atom is -0.410 e. The summed E-state index contributed by atoms with van der Waals surface area (Å²) in [5, 5.41) is 24.6. The van der Waals surface area contributed by atoms with Crippen molar-refractivity contribution in [2.75, 3.05) is 0 Å². The SMILES string of the molecule is O/N=C(/C=C/C(=N/O)c1ccccc1)c1ccccc1. The molecule has 4 nitrogen and oxygen atoms in total. The van der Waals surface area contributed by atoms with Gasteiger partial charge < -0.3 is 10.4 Å². The van der Waals surface area contributed by atoms with Gasteiger partial charge in [-0.3, -0.25) is 0 Å². The zero-order valence-corrected chi connectivity index (χ0v) is 10.7. The van der Waals surface area contributed by atoms with Gasteiger partial charge in [0.05, 0.1) is 0 Å². The number of nitrogens with zero attached hydrogens (tertiary/aromatic N) is 2. The first kappa shape index (κ1) is 13.5.